The molecule has 0 spiro atoms. The van der Waals surface area contributed by atoms with Gasteiger partial charge in [0, 0.05) is 25.0 Å². The van der Waals surface area contributed by atoms with Crippen molar-refractivity contribution >= 4 is 17.6 Å². The van der Waals surface area contributed by atoms with E-state index < -0.39 is 11.7 Å². The van der Waals surface area contributed by atoms with Crippen LogP contribution in [0.1, 0.15) is 31.7 Å². The minimum Gasteiger partial charge on any atom is -0.381 e. The maximum absolute atomic E-state index is 13.0. The van der Waals surface area contributed by atoms with Crippen LogP contribution in [-0.4, -0.2) is 30.0 Å². The molecule has 1 aromatic heterocycles. The lowest BCUT2D eigenvalue weighted by Gasteiger charge is -2.21. The molecule has 1 saturated heterocycles. The van der Waals surface area contributed by atoms with E-state index in [-0.39, 0.29) is 5.25 Å². The predicted octanol–water partition coefficient (Wildman–Crippen LogP) is 4.19. The molecular weight excluding hydrogens is 301 g/mol. The van der Waals surface area contributed by atoms with Crippen molar-refractivity contribution in [3.8, 4) is 0 Å². The zero-order valence-corrected chi connectivity index (χ0v) is 12.7. The smallest absolute Gasteiger partial charge is 0.381 e. The molecule has 0 unspecified atom stereocenters. The quantitative estimate of drug-likeness (QED) is 0.882. The van der Waals surface area contributed by atoms with Crippen LogP contribution in [0, 0.1) is 0 Å². The molecule has 0 radical (unpaired) electrons. The Bertz CT molecular complexity index is 462. The van der Waals surface area contributed by atoms with Crippen LogP contribution in [0.15, 0.2) is 17.2 Å². The molecule has 7 heteroatoms. The highest BCUT2D eigenvalue weighted by Gasteiger charge is 2.32. The second-order valence-corrected chi connectivity index (χ2v) is 6.25. The summed E-state index contributed by atoms with van der Waals surface area (Å²) in [4.78, 5) is 4.29. The molecule has 2 rings (SSSR count). The number of aromatic nitrogens is 1. The largest absolute Gasteiger partial charge is 0.416 e. The van der Waals surface area contributed by atoms with Gasteiger partial charge in [0.15, 0.2) is 0 Å². The number of nitrogens with one attached hydrogen (secondary N) is 1. The first-order valence-electron chi connectivity index (χ1n) is 7.06. The average molecular weight is 320 g/mol. The third-order valence-corrected chi connectivity index (χ3v) is 4.40. The maximum atomic E-state index is 13.0. The molecule has 0 aliphatic carbocycles. The highest BCUT2D eigenvalue weighted by atomic mass is 32.2. The number of pyridine rings is 1. The second kappa shape index (κ2) is 7.35. The van der Waals surface area contributed by atoms with Crippen molar-refractivity contribution in [2.45, 2.75) is 42.6 Å². The minimum absolute atomic E-state index is 0.272. The van der Waals surface area contributed by atoms with Gasteiger partial charge in [-0.05, 0) is 31.4 Å². The van der Waals surface area contributed by atoms with Crippen LogP contribution in [-0.2, 0) is 10.9 Å². The van der Waals surface area contributed by atoms with E-state index in [9.17, 15) is 13.2 Å². The summed E-state index contributed by atoms with van der Waals surface area (Å²) >= 11 is 1.41. The molecule has 118 valence electrons. The third-order valence-electron chi connectivity index (χ3n) is 3.14. The summed E-state index contributed by atoms with van der Waals surface area (Å²) in [6, 6.07) is 2.21. The molecule has 1 aliphatic rings. The summed E-state index contributed by atoms with van der Waals surface area (Å²) in [7, 11) is 0. The van der Waals surface area contributed by atoms with Crippen molar-refractivity contribution in [2.75, 3.05) is 25.1 Å². The van der Waals surface area contributed by atoms with Crippen LogP contribution >= 0.6 is 11.8 Å². The second-order valence-electron chi connectivity index (χ2n) is 4.93. The Labute approximate surface area is 126 Å². The molecule has 0 saturated carbocycles. The van der Waals surface area contributed by atoms with Crippen molar-refractivity contribution < 1.29 is 17.9 Å². The molecule has 21 heavy (non-hydrogen) atoms. The molecule has 2 heterocycles. The van der Waals surface area contributed by atoms with Crippen molar-refractivity contribution in [2.24, 2.45) is 0 Å². The van der Waals surface area contributed by atoms with Gasteiger partial charge in [0.25, 0.3) is 0 Å². The topological polar surface area (TPSA) is 34.1 Å². The normalized spacial score (nSPS) is 17.0. The molecule has 0 amide bonds. The number of hydrogen-bond acceptors (Lipinski definition) is 4. The van der Waals surface area contributed by atoms with E-state index in [1.54, 1.807) is 0 Å². The summed E-state index contributed by atoms with van der Waals surface area (Å²) in [6.07, 6.45) is -1.82. The number of halogens is 3. The van der Waals surface area contributed by atoms with Crippen molar-refractivity contribution in [1.29, 1.82) is 0 Å². The van der Waals surface area contributed by atoms with E-state index in [2.05, 4.69) is 10.3 Å². The first-order chi connectivity index (χ1) is 9.99. The van der Waals surface area contributed by atoms with Gasteiger partial charge in [-0.15, -0.1) is 11.8 Å². The van der Waals surface area contributed by atoms with Crippen LogP contribution in [0.3, 0.4) is 0 Å². The molecule has 1 N–H and O–H groups in total. The average Bonchev–Trinajstić information content (AvgIpc) is 2.45. The van der Waals surface area contributed by atoms with E-state index in [0.29, 0.717) is 30.6 Å². The summed E-state index contributed by atoms with van der Waals surface area (Å²) in [5.41, 5.74) is -0.648. The van der Waals surface area contributed by atoms with Crippen molar-refractivity contribution in [3.05, 3.63) is 17.7 Å². The van der Waals surface area contributed by atoms with Gasteiger partial charge < -0.3 is 10.1 Å². The number of rotatable bonds is 5. The fraction of sp³-hybridized carbons (Fsp3) is 0.643. The zero-order chi connectivity index (χ0) is 15.3. The number of nitrogens with zero attached hydrogens (tertiary/aromatic N) is 1. The Hall–Kier alpha value is -0.950. The van der Waals surface area contributed by atoms with Crippen LogP contribution in [0.2, 0.25) is 0 Å². The summed E-state index contributed by atoms with van der Waals surface area (Å²) in [5.74, 6) is 0.293. The van der Waals surface area contributed by atoms with Crippen molar-refractivity contribution in [3.63, 3.8) is 0 Å². The standard InChI is InChI=1S/C14H19F3N2OS/c1-2-5-18-12-8-10(14(15,16)17)9-13(19-12)21-11-3-6-20-7-4-11/h8-9,11H,2-7H2,1H3,(H,18,19). The number of hydrogen-bond donors (Lipinski definition) is 1. The Kier molecular flexibility index (Phi) is 5.75. The van der Waals surface area contributed by atoms with Gasteiger partial charge in [0.1, 0.15) is 5.82 Å². The lowest BCUT2D eigenvalue weighted by atomic mass is 10.2. The van der Waals surface area contributed by atoms with Gasteiger partial charge in [-0.3, -0.25) is 0 Å². The fourth-order valence-electron chi connectivity index (χ4n) is 2.04. The van der Waals surface area contributed by atoms with E-state index in [0.717, 1.165) is 31.4 Å². The first kappa shape index (κ1) is 16.4. The molecule has 3 nitrogen and oxygen atoms in total. The number of anilines is 1. The summed E-state index contributed by atoms with van der Waals surface area (Å²) in [5, 5.41) is 3.63. The summed E-state index contributed by atoms with van der Waals surface area (Å²) < 4.78 is 44.2. The van der Waals surface area contributed by atoms with Gasteiger partial charge in [0.2, 0.25) is 0 Å². The molecule has 0 atom stereocenters. The number of alkyl halides is 3. The van der Waals surface area contributed by atoms with Crippen LogP contribution < -0.4 is 5.32 Å². The van der Waals surface area contributed by atoms with Crippen molar-refractivity contribution in [1.82, 2.24) is 4.98 Å². The lowest BCUT2D eigenvalue weighted by Crippen LogP contribution is -2.18. The molecule has 1 fully saturated rings. The van der Waals surface area contributed by atoms with Gasteiger partial charge >= 0.3 is 6.18 Å². The van der Waals surface area contributed by atoms with Gasteiger partial charge in [-0.25, -0.2) is 4.98 Å². The Morgan fingerprint density at radius 1 is 1.33 bits per heavy atom. The zero-order valence-electron chi connectivity index (χ0n) is 11.9. The van der Waals surface area contributed by atoms with E-state index in [4.69, 9.17) is 4.74 Å². The molecule has 1 aliphatic heterocycles. The van der Waals surface area contributed by atoms with Crippen LogP contribution in [0.4, 0.5) is 19.0 Å². The monoisotopic (exact) mass is 320 g/mol. The minimum atomic E-state index is -4.35. The Morgan fingerprint density at radius 3 is 2.67 bits per heavy atom. The van der Waals surface area contributed by atoms with Gasteiger partial charge in [0.05, 0.1) is 10.6 Å². The molecule has 0 aromatic carbocycles. The third kappa shape index (κ3) is 5.07. The fourth-order valence-corrected chi connectivity index (χ4v) is 3.15. The van der Waals surface area contributed by atoms with Gasteiger partial charge in [-0.1, -0.05) is 6.92 Å². The summed E-state index contributed by atoms with van der Waals surface area (Å²) in [6.45, 7) is 3.89. The first-order valence-corrected chi connectivity index (χ1v) is 7.94. The lowest BCUT2D eigenvalue weighted by molar-refractivity contribution is -0.137. The number of ether oxygens (including phenoxy) is 1. The highest BCUT2D eigenvalue weighted by molar-refractivity contribution is 7.99. The molecular formula is C14H19F3N2OS. The molecule has 1 aromatic rings. The SMILES string of the molecule is CCCNc1cc(C(F)(F)F)cc(SC2CCOCC2)n1. The van der Waals surface area contributed by atoms with Crippen LogP contribution in [0.25, 0.3) is 0 Å². The van der Waals surface area contributed by atoms with E-state index >= 15 is 0 Å². The predicted molar refractivity (Wildman–Crippen MR) is 77.7 cm³/mol. The Balaban J connectivity index is 2.17. The maximum Gasteiger partial charge on any atom is 0.416 e. The highest BCUT2D eigenvalue weighted by Crippen LogP contribution is 2.35. The van der Waals surface area contributed by atoms with E-state index in [1.165, 1.54) is 11.8 Å². The van der Waals surface area contributed by atoms with Gasteiger partial charge in [-0.2, -0.15) is 13.2 Å². The Morgan fingerprint density at radius 2 is 2.05 bits per heavy atom. The van der Waals surface area contributed by atoms with Crippen LogP contribution in [0.5, 0.6) is 0 Å². The van der Waals surface area contributed by atoms with E-state index in [1.807, 2.05) is 6.92 Å². The number of thioether (sulfide) groups is 1. The molecule has 0 bridgehead atoms.